The molecular formula is C24H38N8O. The molecule has 0 aliphatic rings. The zero-order valence-corrected chi connectivity index (χ0v) is 20.5. The van der Waals surface area contributed by atoms with Crippen LogP contribution in [0.5, 0.6) is 0 Å². The van der Waals surface area contributed by atoms with E-state index in [9.17, 15) is 4.79 Å². The lowest BCUT2D eigenvalue weighted by atomic mass is 10.3. The van der Waals surface area contributed by atoms with Crippen molar-refractivity contribution in [2.75, 3.05) is 38.0 Å². The summed E-state index contributed by atoms with van der Waals surface area (Å²) in [4.78, 5) is 29.2. The van der Waals surface area contributed by atoms with Gasteiger partial charge in [-0.15, -0.1) is 0 Å². The molecule has 0 aliphatic heterocycles. The molecule has 9 heteroatoms. The number of anilines is 2. The van der Waals surface area contributed by atoms with Gasteiger partial charge in [0.15, 0.2) is 0 Å². The molecule has 0 N–H and O–H groups in total. The highest BCUT2D eigenvalue weighted by atomic mass is 16.1. The second-order valence-corrected chi connectivity index (χ2v) is 8.87. The van der Waals surface area contributed by atoms with Crippen LogP contribution in [0.1, 0.15) is 47.2 Å². The van der Waals surface area contributed by atoms with Crippen molar-refractivity contribution in [3.05, 3.63) is 41.2 Å². The SMILES string of the molecule is C.CC(C)n1ccc2c(=O)n(C)c(N(C)C)nc21.CC(C)n1ccc2c(N(C)C)ncnc21. The van der Waals surface area contributed by atoms with Crippen LogP contribution in [-0.2, 0) is 7.05 Å². The van der Waals surface area contributed by atoms with Crippen LogP contribution in [-0.4, -0.2) is 56.8 Å². The largest absolute Gasteiger partial charge is 0.362 e. The van der Waals surface area contributed by atoms with Gasteiger partial charge in [-0.2, -0.15) is 4.98 Å². The molecule has 0 aliphatic carbocycles. The summed E-state index contributed by atoms with van der Waals surface area (Å²) in [5, 5.41) is 1.78. The van der Waals surface area contributed by atoms with Crippen molar-refractivity contribution in [3.63, 3.8) is 0 Å². The molecule has 0 amide bonds. The molecule has 0 unspecified atom stereocenters. The van der Waals surface area contributed by atoms with E-state index in [-0.39, 0.29) is 13.0 Å². The van der Waals surface area contributed by atoms with Crippen LogP contribution < -0.4 is 15.4 Å². The highest BCUT2D eigenvalue weighted by Gasteiger charge is 2.14. The third kappa shape index (κ3) is 4.86. The van der Waals surface area contributed by atoms with E-state index in [4.69, 9.17) is 0 Å². The van der Waals surface area contributed by atoms with Crippen molar-refractivity contribution in [3.8, 4) is 0 Å². The lowest BCUT2D eigenvalue weighted by Crippen LogP contribution is -2.26. The van der Waals surface area contributed by atoms with E-state index in [1.165, 1.54) is 0 Å². The first kappa shape index (κ1) is 25.9. The molecular weight excluding hydrogens is 416 g/mol. The molecule has 0 fully saturated rings. The van der Waals surface area contributed by atoms with E-state index >= 15 is 0 Å². The fourth-order valence-corrected chi connectivity index (χ4v) is 3.71. The first-order chi connectivity index (χ1) is 15.0. The summed E-state index contributed by atoms with van der Waals surface area (Å²) in [7, 11) is 9.51. The fraction of sp³-hybridized carbons (Fsp3) is 0.500. The maximum atomic E-state index is 12.2. The molecule has 4 rings (SSSR count). The highest BCUT2D eigenvalue weighted by molar-refractivity contribution is 5.87. The van der Waals surface area contributed by atoms with Crippen molar-refractivity contribution >= 4 is 33.8 Å². The standard InChI is InChI=1S/C12H18N4O.C11H16N4.CH4/c1-8(2)16-7-6-9-10(16)13-12(14(3)4)15(5)11(9)17;1-8(2)15-6-5-9-10(14(3)4)12-7-13-11(9)15;/h6-8H,1-5H3;5-8H,1-4H3;1H4. The quantitative estimate of drug-likeness (QED) is 0.462. The number of hydrogen-bond acceptors (Lipinski definition) is 6. The monoisotopic (exact) mass is 454 g/mol. The maximum Gasteiger partial charge on any atom is 0.264 e. The smallest absolute Gasteiger partial charge is 0.264 e. The van der Waals surface area contributed by atoms with Crippen LogP contribution >= 0.6 is 0 Å². The summed E-state index contributed by atoms with van der Waals surface area (Å²) < 4.78 is 5.75. The van der Waals surface area contributed by atoms with E-state index in [2.05, 4.69) is 59.5 Å². The Kier molecular flexibility index (Phi) is 7.89. The molecule has 9 nitrogen and oxygen atoms in total. The van der Waals surface area contributed by atoms with Gasteiger partial charge in [0, 0.05) is 59.7 Å². The zero-order valence-electron chi connectivity index (χ0n) is 20.5. The molecule has 4 heterocycles. The fourth-order valence-electron chi connectivity index (χ4n) is 3.71. The van der Waals surface area contributed by atoms with Crippen LogP contribution in [0, 0.1) is 0 Å². The van der Waals surface area contributed by atoms with Gasteiger partial charge in [-0.25, -0.2) is 9.97 Å². The Morgan fingerprint density at radius 3 is 1.88 bits per heavy atom. The van der Waals surface area contributed by atoms with E-state index in [0.717, 1.165) is 22.5 Å². The van der Waals surface area contributed by atoms with Gasteiger partial charge in [-0.3, -0.25) is 9.36 Å². The summed E-state index contributed by atoms with van der Waals surface area (Å²) in [5.41, 5.74) is 1.76. The average molecular weight is 455 g/mol. The number of aromatic nitrogens is 6. The minimum atomic E-state index is -0.00176. The van der Waals surface area contributed by atoms with Gasteiger partial charge in [0.1, 0.15) is 23.4 Å². The Balaban J connectivity index is 0.000000228. The van der Waals surface area contributed by atoms with Crippen LogP contribution in [0.4, 0.5) is 11.8 Å². The van der Waals surface area contributed by atoms with Gasteiger partial charge in [-0.05, 0) is 39.8 Å². The van der Waals surface area contributed by atoms with Crippen molar-refractivity contribution in [2.24, 2.45) is 7.05 Å². The van der Waals surface area contributed by atoms with Gasteiger partial charge in [0.05, 0.1) is 10.8 Å². The Bertz CT molecular complexity index is 1280. The second-order valence-electron chi connectivity index (χ2n) is 8.87. The normalized spacial score (nSPS) is 11.0. The molecule has 4 aromatic rings. The number of rotatable bonds is 4. The molecule has 0 aromatic carbocycles. The summed E-state index contributed by atoms with van der Waals surface area (Å²) in [6.45, 7) is 8.45. The van der Waals surface area contributed by atoms with Crippen LogP contribution in [0.3, 0.4) is 0 Å². The molecule has 0 atom stereocenters. The minimum Gasteiger partial charge on any atom is -0.362 e. The summed E-state index contributed by atoms with van der Waals surface area (Å²) in [5.74, 6) is 1.64. The zero-order chi connectivity index (χ0) is 23.7. The van der Waals surface area contributed by atoms with Crippen molar-refractivity contribution in [1.82, 2.24) is 28.7 Å². The van der Waals surface area contributed by atoms with Crippen LogP contribution in [0.2, 0.25) is 0 Å². The van der Waals surface area contributed by atoms with Crippen LogP contribution in [0.25, 0.3) is 22.1 Å². The maximum absolute atomic E-state index is 12.2. The Hall–Kier alpha value is -3.36. The molecule has 0 bridgehead atoms. The number of hydrogen-bond donors (Lipinski definition) is 0. The van der Waals surface area contributed by atoms with E-state index in [0.29, 0.717) is 23.4 Å². The lowest BCUT2D eigenvalue weighted by molar-refractivity contribution is 0.616. The topological polar surface area (TPSA) is 77.0 Å². The van der Waals surface area contributed by atoms with E-state index in [1.54, 1.807) is 17.9 Å². The van der Waals surface area contributed by atoms with Crippen molar-refractivity contribution < 1.29 is 0 Å². The van der Waals surface area contributed by atoms with E-state index < -0.39 is 0 Å². The van der Waals surface area contributed by atoms with Crippen molar-refractivity contribution in [2.45, 2.75) is 47.2 Å². The van der Waals surface area contributed by atoms with Gasteiger partial charge < -0.3 is 18.9 Å². The summed E-state index contributed by atoms with van der Waals surface area (Å²) in [6.07, 6.45) is 5.61. The Morgan fingerprint density at radius 2 is 1.36 bits per heavy atom. The Labute approximate surface area is 196 Å². The number of fused-ring (bicyclic) bond motifs is 2. The Morgan fingerprint density at radius 1 is 0.818 bits per heavy atom. The van der Waals surface area contributed by atoms with Gasteiger partial charge in [0.2, 0.25) is 5.95 Å². The molecule has 180 valence electrons. The van der Waals surface area contributed by atoms with Gasteiger partial charge in [0.25, 0.3) is 5.56 Å². The second kappa shape index (κ2) is 10.1. The molecule has 0 spiro atoms. The van der Waals surface area contributed by atoms with Crippen LogP contribution in [0.15, 0.2) is 35.6 Å². The predicted molar refractivity (Wildman–Crippen MR) is 139 cm³/mol. The molecule has 0 radical (unpaired) electrons. The first-order valence-electron chi connectivity index (χ1n) is 10.8. The minimum absolute atomic E-state index is 0. The molecule has 4 aromatic heterocycles. The predicted octanol–water partition coefficient (Wildman–Crippen LogP) is 4.10. The third-order valence-corrected chi connectivity index (χ3v) is 5.35. The lowest BCUT2D eigenvalue weighted by Gasteiger charge is -2.16. The number of nitrogens with zero attached hydrogens (tertiary/aromatic N) is 8. The highest BCUT2D eigenvalue weighted by Crippen LogP contribution is 2.24. The van der Waals surface area contributed by atoms with Crippen molar-refractivity contribution in [1.29, 1.82) is 0 Å². The first-order valence-corrected chi connectivity index (χ1v) is 10.8. The van der Waals surface area contributed by atoms with Gasteiger partial charge >= 0.3 is 0 Å². The molecule has 0 saturated heterocycles. The average Bonchev–Trinajstić information content (AvgIpc) is 3.35. The summed E-state index contributed by atoms with van der Waals surface area (Å²) >= 11 is 0. The van der Waals surface area contributed by atoms with Gasteiger partial charge in [-0.1, -0.05) is 7.43 Å². The third-order valence-electron chi connectivity index (χ3n) is 5.35. The van der Waals surface area contributed by atoms with E-state index in [1.807, 2.05) is 54.8 Å². The molecule has 33 heavy (non-hydrogen) atoms. The molecule has 0 saturated carbocycles. The summed E-state index contributed by atoms with van der Waals surface area (Å²) in [6, 6.07) is 4.63.